The smallest absolute Gasteiger partial charge is 0.356 e. The Morgan fingerprint density at radius 1 is 1.67 bits per heavy atom. The second kappa shape index (κ2) is 5.02. The number of methoxy groups -OCH3 is 1. The van der Waals surface area contributed by atoms with Crippen LogP contribution >= 0.6 is 34.2 Å². The van der Waals surface area contributed by atoms with E-state index < -0.39 is 12.4 Å². The van der Waals surface area contributed by atoms with Crippen LogP contribution < -0.4 is 0 Å². The van der Waals surface area contributed by atoms with Crippen LogP contribution in [-0.2, 0) is 4.74 Å². The van der Waals surface area contributed by atoms with E-state index in [0.717, 1.165) is 0 Å². The zero-order valence-corrected chi connectivity index (χ0v) is 10.3. The highest BCUT2D eigenvalue weighted by atomic mass is 127. The molecule has 1 aromatic heterocycles. The molecule has 0 aliphatic rings. The Bertz CT molecular complexity index is 377. The van der Waals surface area contributed by atoms with E-state index >= 15 is 0 Å². The van der Waals surface area contributed by atoms with Gasteiger partial charge < -0.3 is 4.74 Å². The van der Waals surface area contributed by atoms with Gasteiger partial charge in [-0.05, 0) is 28.7 Å². The highest BCUT2D eigenvalue weighted by Crippen LogP contribution is 2.30. The maximum absolute atomic E-state index is 12.5. The van der Waals surface area contributed by atoms with Crippen molar-refractivity contribution < 1.29 is 18.3 Å². The first-order valence-corrected chi connectivity index (χ1v) is 5.15. The minimum absolute atomic E-state index is 0.0868. The number of pyridine rings is 1. The molecule has 0 aromatic carbocycles. The predicted molar refractivity (Wildman–Crippen MR) is 58.3 cm³/mol. The Labute approximate surface area is 103 Å². The van der Waals surface area contributed by atoms with Crippen molar-refractivity contribution in [3.05, 3.63) is 26.0 Å². The lowest BCUT2D eigenvalue weighted by Gasteiger charge is -2.07. The molecular weight excluding hydrogens is 342 g/mol. The van der Waals surface area contributed by atoms with Crippen LogP contribution in [0.25, 0.3) is 0 Å². The molecule has 15 heavy (non-hydrogen) atoms. The second-order valence-electron chi connectivity index (χ2n) is 2.49. The van der Waals surface area contributed by atoms with Gasteiger partial charge in [0.25, 0.3) is 6.43 Å². The van der Waals surface area contributed by atoms with E-state index in [1.165, 1.54) is 13.2 Å². The summed E-state index contributed by atoms with van der Waals surface area (Å²) in [5, 5.41) is -0.377. The fraction of sp³-hybridized carbons (Fsp3) is 0.250. The van der Waals surface area contributed by atoms with Crippen LogP contribution in [0.1, 0.15) is 22.5 Å². The average molecular weight is 347 g/mol. The van der Waals surface area contributed by atoms with E-state index in [-0.39, 0.29) is 20.0 Å². The number of halogens is 4. The van der Waals surface area contributed by atoms with Gasteiger partial charge in [0.05, 0.1) is 12.7 Å². The molecule has 0 saturated heterocycles. The lowest BCUT2D eigenvalue weighted by molar-refractivity contribution is 0.0593. The molecule has 0 spiro atoms. The summed E-state index contributed by atoms with van der Waals surface area (Å²) in [6, 6.07) is 1.21. The molecule has 7 heteroatoms. The van der Waals surface area contributed by atoms with E-state index in [4.69, 9.17) is 11.6 Å². The molecule has 1 aromatic rings. The second-order valence-corrected chi connectivity index (χ2v) is 4.01. The van der Waals surface area contributed by atoms with Crippen LogP contribution in [0.5, 0.6) is 0 Å². The lowest BCUT2D eigenvalue weighted by atomic mass is 10.2. The SMILES string of the molecule is COC(=O)c1cc(I)c(C(F)F)c(Cl)n1. The maximum atomic E-state index is 12.5. The first kappa shape index (κ1) is 12.6. The number of rotatable bonds is 2. The van der Waals surface area contributed by atoms with Crippen LogP contribution in [-0.4, -0.2) is 18.1 Å². The number of alkyl halides is 2. The van der Waals surface area contributed by atoms with E-state index in [1.54, 1.807) is 22.6 Å². The van der Waals surface area contributed by atoms with Gasteiger partial charge in [-0.1, -0.05) is 11.6 Å². The summed E-state index contributed by atoms with van der Waals surface area (Å²) >= 11 is 7.19. The molecule has 0 aliphatic heterocycles. The number of nitrogens with zero attached hydrogens (tertiary/aromatic N) is 1. The Balaban J connectivity index is 3.25. The molecule has 0 saturated carbocycles. The molecule has 0 aliphatic carbocycles. The van der Waals surface area contributed by atoms with E-state index in [0.29, 0.717) is 0 Å². The Kier molecular flexibility index (Phi) is 4.21. The summed E-state index contributed by atoms with van der Waals surface area (Å²) in [7, 11) is 1.17. The van der Waals surface area contributed by atoms with Gasteiger partial charge in [-0.25, -0.2) is 18.6 Å². The highest BCUT2D eigenvalue weighted by molar-refractivity contribution is 14.1. The monoisotopic (exact) mass is 347 g/mol. The summed E-state index contributed by atoms with van der Waals surface area (Å²) in [5.41, 5.74) is -0.457. The lowest BCUT2D eigenvalue weighted by Crippen LogP contribution is -2.07. The standard InChI is InChI=1S/C8H5ClF2INO2/c1-15-8(14)4-2-3(12)5(7(10)11)6(9)13-4/h2,7H,1H3. The number of esters is 1. The van der Waals surface area contributed by atoms with Gasteiger partial charge in [0.15, 0.2) is 5.69 Å². The number of hydrogen-bond acceptors (Lipinski definition) is 3. The number of carbonyl (C=O) groups is 1. The number of ether oxygens (including phenoxy) is 1. The van der Waals surface area contributed by atoms with Crippen molar-refractivity contribution in [2.75, 3.05) is 7.11 Å². The molecule has 0 radical (unpaired) electrons. The first-order chi connectivity index (χ1) is 6.97. The van der Waals surface area contributed by atoms with Crippen LogP contribution in [0.2, 0.25) is 5.15 Å². The molecular formula is C8H5ClF2INO2. The minimum atomic E-state index is -2.72. The topological polar surface area (TPSA) is 39.2 Å². The zero-order valence-electron chi connectivity index (χ0n) is 7.43. The third kappa shape index (κ3) is 2.75. The summed E-state index contributed by atoms with van der Waals surface area (Å²) < 4.78 is 29.5. The van der Waals surface area contributed by atoms with Crippen LogP contribution in [0.15, 0.2) is 6.07 Å². The first-order valence-electron chi connectivity index (χ1n) is 3.69. The van der Waals surface area contributed by atoms with E-state index in [9.17, 15) is 13.6 Å². The Hall–Kier alpha value is -0.500. The zero-order chi connectivity index (χ0) is 11.6. The van der Waals surface area contributed by atoms with Gasteiger partial charge in [-0.15, -0.1) is 0 Å². The molecule has 1 rings (SSSR count). The van der Waals surface area contributed by atoms with Crippen molar-refractivity contribution >= 4 is 40.2 Å². The van der Waals surface area contributed by atoms with Crippen molar-refractivity contribution in [2.45, 2.75) is 6.43 Å². The van der Waals surface area contributed by atoms with Gasteiger partial charge in [0.2, 0.25) is 0 Å². The largest absolute Gasteiger partial charge is 0.464 e. The quantitative estimate of drug-likeness (QED) is 0.469. The molecule has 0 fully saturated rings. The van der Waals surface area contributed by atoms with Crippen LogP contribution in [0, 0.1) is 3.57 Å². The Morgan fingerprint density at radius 3 is 2.67 bits per heavy atom. The van der Waals surface area contributed by atoms with Gasteiger partial charge in [-0.3, -0.25) is 0 Å². The molecule has 0 bridgehead atoms. The summed E-state index contributed by atoms with van der Waals surface area (Å²) in [5.74, 6) is -0.712. The number of carbonyl (C=O) groups excluding carboxylic acids is 1. The van der Waals surface area contributed by atoms with Crippen molar-refractivity contribution in [3.63, 3.8) is 0 Å². The fourth-order valence-electron chi connectivity index (χ4n) is 0.898. The minimum Gasteiger partial charge on any atom is -0.464 e. The molecule has 0 amide bonds. The van der Waals surface area contributed by atoms with Crippen LogP contribution in [0.3, 0.4) is 0 Å². The fourth-order valence-corrected chi connectivity index (χ4v) is 2.12. The summed E-state index contributed by atoms with van der Waals surface area (Å²) in [6.07, 6.45) is -2.72. The van der Waals surface area contributed by atoms with Crippen molar-refractivity contribution in [1.29, 1.82) is 0 Å². The molecule has 1 heterocycles. The third-order valence-corrected chi connectivity index (χ3v) is 2.75. The Morgan fingerprint density at radius 2 is 2.27 bits per heavy atom. The number of hydrogen-bond donors (Lipinski definition) is 0. The average Bonchev–Trinajstić information content (AvgIpc) is 2.14. The predicted octanol–water partition coefficient (Wildman–Crippen LogP) is 3.06. The normalized spacial score (nSPS) is 10.5. The molecule has 82 valence electrons. The molecule has 0 N–H and O–H groups in total. The summed E-state index contributed by atoms with van der Waals surface area (Å²) in [4.78, 5) is 14.6. The van der Waals surface area contributed by atoms with E-state index in [1.807, 2.05) is 0 Å². The number of aromatic nitrogens is 1. The van der Waals surface area contributed by atoms with E-state index in [2.05, 4.69) is 9.72 Å². The molecule has 0 atom stereocenters. The third-order valence-electron chi connectivity index (χ3n) is 1.57. The van der Waals surface area contributed by atoms with Crippen LogP contribution in [0.4, 0.5) is 8.78 Å². The highest BCUT2D eigenvalue weighted by Gasteiger charge is 2.20. The van der Waals surface area contributed by atoms with Crippen molar-refractivity contribution in [2.24, 2.45) is 0 Å². The van der Waals surface area contributed by atoms with Gasteiger partial charge in [-0.2, -0.15) is 0 Å². The molecule has 3 nitrogen and oxygen atoms in total. The van der Waals surface area contributed by atoms with Gasteiger partial charge >= 0.3 is 5.97 Å². The molecule has 0 unspecified atom stereocenters. The summed E-state index contributed by atoms with van der Waals surface area (Å²) in [6.45, 7) is 0. The van der Waals surface area contributed by atoms with Gasteiger partial charge in [0, 0.05) is 3.57 Å². The maximum Gasteiger partial charge on any atom is 0.356 e. The van der Waals surface area contributed by atoms with Crippen molar-refractivity contribution in [1.82, 2.24) is 4.98 Å². The van der Waals surface area contributed by atoms with Gasteiger partial charge in [0.1, 0.15) is 5.15 Å². The van der Waals surface area contributed by atoms with Crippen molar-refractivity contribution in [3.8, 4) is 0 Å².